The normalized spacial score (nSPS) is 21.9. The van der Waals surface area contributed by atoms with Crippen molar-refractivity contribution in [1.82, 2.24) is 0 Å². The van der Waals surface area contributed by atoms with Crippen molar-refractivity contribution in [3.63, 3.8) is 0 Å². The minimum absolute atomic E-state index is 0.230. The molecule has 0 aromatic heterocycles. The van der Waals surface area contributed by atoms with Gasteiger partial charge in [-0.15, -0.1) is 0 Å². The van der Waals surface area contributed by atoms with Crippen molar-refractivity contribution >= 4 is 5.78 Å². The van der Waals surface area contributed by atoms with Gasteiger partial charge in [0, 0.05) is 5.56 Å². The van der Waals surface area contributed by atoms with Gasteiger partial charge in [-0.3, -0.25) is 4.79 Å². The van der Waals surface area contributed by atoms with Gasteiger partial charge in [-0.05, 0) is 23.6 Å². The Morgan fingerprint density at radius 1 is 0.882 bits per heavy atom. The van der Waals surface area contributed by atoms with E-state index in [2.05, 4.69) is 0 Å². The Balaban J connectivity index is 2.42. The SMILES string of the molecule is CC1(O)C(=O)c2ccccc2-c2ccccc21. The predicted molar refractivity (Wildman–Crippen MR) is 65.8 cm³/mol. The molecule has 0 saturated heterocycles. The average molecular weight is 224 g/mol. The number of carbonyl (C=O) groups is 1. The van der Waals surface area contributed by atoms with Gasteiger partial charge in [-0.25, -0.2) is 0 Å². The van der Waals surface area contributed by atoms with Gasteiger partial charge < -0.3 is 5.11 Å². The number of hydrogen-bond acceptors (Lipinski definition) is 2. The van der Waals surface area contributed by atoms with E-state index in [0.717, 1.165) is 11.1 Å². The van der Waals surface area contributed by atoms with E-state index < -0.39 is 5.60 Å². The van der Waals surface area contributed by atoms with Gasteiger partial charge >= 0.3 is 0 Å². The summed E-state index contributed by atoms with van der Waals surface area (Å²) in [6.45, 7) is 1.56. The number of benzene rings is 2. The molecule has 3 rings (SSSR count). The van der Waals surface area contributed by atoms with Crippen LogP contribution in [0.5, 0.6) is 0 Å². The van der Waals surface area contributed by atoms with Gasteiger partial charge in [0.1, 0.15) is 0 Å². The van der Waals surface area contributed by atoms with Crippen LogP contribution < -0.4 is 0 Å². The van der Waals surface area contributed by atoms with E-state index in [0.29, 0.717) is 11.1 Å². The third kappa shape index (κ3) is 1.28. The van der Waals surface area contributed by atoms with E-state index in [-0.39, 0.29) is 5.78 Å². The van der Waals surface area contributed by atoms with Gasteiger partial charge in [0.25, 0.3) is 0 Å². The Morgan fingerprint density at radius 3 is 2.12 bits per heavy atom. The van der Waals surface area contributed by atoms with Gasteiger partial charge in [0.15, 0.2) is 11.4 Å². The fourth-order valence-corrected chi connectivity index (χ4v) is 2.44. The van der Waals surface area contributed by atoms with E-state index in [4.69, 9.17) is 0 Å². The molecule has 0 saturated carbocycles. The molecule has 1 unspecified atom stereocenters. The van der Waals surface area contributed by atoms with Crippen LogP contribution in [0.2, 0.25) is 0 Å². The zero-order valence-electron chi connectivity index (χ0n) is 9.47. The quantitative estimate of drug-likeness (QED) is 0.747. The van der Waals surface area contributed by atoms with E-state index in [9.17, 15) is 9.90 Å². The highest BCUT2D eigenvalue weighted by atomic mass is 16.3. The highest BCUT2D eigenvalue weighted by Crippen LogP contribution is 2.41. The van der Waals surface area contributed by atoms with Crippen molar-refractivity contribution in [1.29, 1.82) is 0 Å². The molecule has 0 amide bonds. The number of rotatable bonds is 0. The summed E-state index contributed by atoms with van der Waals surface area (Å²) < 4.78 is 0. The zero-order chi connectivity index (χ0) is 12.0. The minimum atomic E-state index is -1.43. The number of carbonyl (C=O) groups excluding carboxylic acids is 1. The first-order chi connectivity index (χ1) is 8.12. The maximum Gasteiger partial charge on any atom is 0.199 e. The summed E-state index contributed by atoms with van der Waals surface area (Å²) in [7, 11) is 0. The molecule has 0 bridgehead atoms. The van der Waals surface area contributed by atoms with E-state index in [1.54, 1.807) is 13.0 Å². The summed E-state index contributed by atoms with van der Waals surface area (Å²) >= 11 is 0. The molecule has 1 aliphatic carbocycles. The van der Waals surface area contributed by atoms with E-state index in [1.807, 2.05) is 42.5 Å². The highest BCUT2D eigenvalue weighted by molar-refractivity contribution is 6.11. The Labute approximate surface area is 99.5 Å². The fraction of sp³-hybridized carbons (Fsp3) is 0.133. The Bertz CT molecular complexity index is 612. The first-order valence-electron chi connectivity index (χ1n) is 5.58. The second-order valence-corrected chi connectivity index (χ2v) is 4.49. The van der Waals surface area contributed by atoms with E-state index >= 15 is 0 Å². The molecule has 1 aliphatic rings. The molecule has 0 aliphatic heterocycles. The monoisotopic (exact) mass is 224 g/mol. The molecule has 0 heterocycles. The highest BCUT2D eigenvalue weighted by Gasteiger charge is 2.40. The van der Waals surface area contributed by atoms with Crippen LogP contribution in [0.1, 0.15) is 22.8 Å². The molecule has 2 heteroatoms. The smallest absolute Gasteiger partial charge is 0.199 e. The van der Waals surface area contributed by atoms with Crippen molar-refractivity contribution < 1.29 is 9.90 Å². The summed E-state index contributed by atoms with van der Waals surface area (Å²) in [6, 6.07) is 14.9. The molecule has 2 aromatic rings. The second-order valence-electron chi connectivity index (χ2n) is 4.49. The van der Waals surface area contributed by atoms with Gasteiger partial charge in [-0.2, -0.15) is 0 Å². The summed E-state index contributed by atoms with van der Waals surface area (Å²) in [5.74, 6) is -0.230. The molecule has 1 atom stereocenters. The first kappa shape index (κ1) is 10.2. The number of Topliss-reactive ketones (excluding diaryl/α,β-unsaturated/α-hetero) is 1. The van der Waals surface area contributed by atoms with Crippen LogP contribution in [0.15, 0.2) is 48.5 Å². The van der Waals surface area contributed by atoms with Crippen molar-refractivity contribution in [2.24, 2.45) is 0 Å². The first-order valence-corrected chi connectivity index (χ1v) is 5.58. The van der Waals surface area contributed by atoms with Gasteiger partial charge in [-0.1, -0.05) is 48.5 Å². The third-order valence-electron chi connectivity index (χ3n) is 3.36. The fourth-order valence-electron chi connectivity index (χ4n) is 2.44. The summed E-state index contributed by atoms with van der Waals surface area (Å²) in [4.78, 5) is 12.3. The van der Waals surface area contributed by atoms with Crippen LogP contribution in [0.3, 0.4) is 0 Å². The maximum atomic E-state index is 12.3. The lowest BCUT2D eigenvalue weighted by atomic mass is 9.76. The standard InChI is InChI=1S/C15H12O2/c1-15(17)13-9-5-4-7-11(13)10-6-2-3-8-12(10)14(15)16/h2-9,17H,1H3. The summed E-state index contributed by atoms with van der Waals surface area (Å²) in [5.41, 5.74) is 1.69. The van der Waals surface area contributed by atoms with Crippen LogP contribution in [-0.2, 0) is 5.60 Å². The second kappa shape index (κ2) is 3.28. The molecule has 2 nitrogen and oxygen atoms in total. The van der Waals surface area contributed by atoms with Crippen LogP contribution >= 0.6 is 0 Å². The van der Waals surface area contributed by atoms with Crippen molar-refractivity contribution in [3.05, 3.63) is 59.7 Å². The lowest BCUT2D eigenvalue weighted by Crippen LogP contribution is -2.36. The van der Waals surface area contributed by atoms with Crippen LogP contribution in [0, 0.1) is 0 Å². The Hall–Kier alpha value is -1.93. The van der Waals surface area contributed by atoms with Crippen LogP contribution in [0.25, 0.3) is 11.1 Å². The van der Waals surface area contributed by atoms with Crippen LogP contribution in [0.4, 0.5) is 0 Å². The summed E-state index contributed by atoms with van der Waals surface area (Å²) in [5, 5.41) is 10.4. The Morgan fingerprint density at radius 2 is 1.41 bits per heavy atom. The van der Waals surface area contributed by atoms with Gasteiger partial charge in [0.2, 0.25) is 0 Å². The largest absolute Gasteiger partial charge is 0.377 e. The molecule has 2 aromatic carbocycles. The van der Waals surface area contributed by atoms with E-state index in [1.165, 1.54) is 0 Å². The molecule has 17 heavy (non-hydrogen) atoms. The summed E-state index contributed by atoms with van der Waals surface area (Å²) in [6.07, 6.45) is 0. The lowest BCUT2D eigenvalue weighted by molar-refractivity contribution is 0.0387. The topological polar surface area (TPSA) is 37.3 Å². The maximum absolute atomic E-state index is 12.3. The van der Waals surface area contributed by atoms with Crippen LogP contribution in [-0.4, -0.2) is 10.9 Å². The number of aliphatic hydroxyl groups is 1. The lowest BCUT2D eigenvalue weighted by Gasteiger charge is -2.31. The molecular formula is C15H12O2. The number of ketones is 1. The molecule has 84 valence electrons. The number of hydrogen-bond donors (Lipinski definition) is 1. The molecule has 0 spiro atoms. The molecule has 0 fully saturated rings. The average Bonchev–Trinajstić information content (AvgIpc) is 2.37. The Kier molecular flexibility index (Phi) is 1.98. The molecule has 1 N–H and O–H groups in total. The van der Waals surface area contributed by atoms with Crippen molar-refractivity contribution in [2.45, 2.75) is 12.5 Å². The molecular weight excluding hydrogens is 212 g/mol. The minimum Gasteiger partial charge on any atom is -0.377 e. The van der Waals surface area contributed by atoms with Crippen molar-refractivity contribution in [2.75, 3.05) is 0 Å². The number of fused-ring (bicyclic) bond motifs is 3. The van der Waals surface area contributed by atoms with Crippen molar-refractivity contribution in [3.8, 4) is 11.1 Å². The zero-order valence-corrected chi connectivity index (χ0v) is 9.47. The third-order valence-corrected chi connectivity index (χ3v) is 3.36. The van der Waals surface area contributed by atoms with Gasteiger partial charge in [0.05, 0.1) is 0 Å². The predicted octanol–water partition coefficient (Wildman–Crippen LogP) is 2.76. The molecule has 0 radical (unpaired) electrons.